The van der Waals surface area contributed by atoms with Crippen molar-refractivity contribution < 1.29 is 87.5 Å². The Morgan fingerprint density at radius 3 is 0.631 bits per heavy atom. The van der Waals surface area contributed by atoms with E-state index in [-0.39, 0.29) is 31.0 Å². The maximum Gasteiger partial charge on any atom is 2.00 e. The van der Waals surface area contributed by atoms with Crippen LogP contribution in [0.1, 0.15) is 99.3 Å². The molecule has 3 aromatic carbocycles. The van der Waals surface area contributed by atoms with Crippen LogP contribution in [0.15, 0.2) is 0 Å². The Morgan fingerprint density at radius 1 is 0.385 bits per heavy atom. The molecule has 0 N–H and O–H groups in total. The molecule has 0 atom stereocenters. The summed E-state index contributed by atoms with van der Waals surface area (Å²) < 4.78 is 209. The molecule has 19 heteroatoms. The normalized spacial score (nSPS) is 14.3. The van der Waals surface area contributed by atoms with E-state index in [1.807, 2.05) is 0 Å². The van der Waals surface area contributed by atoms with Crippen molar-refractivity contribution in [3.05, 3.63) is 146 Å². The minimum absolute atomic E-state index is 0. The molecule has 0 bridgehead atoms. The first-order valence-electron chi connectivity index (χ1n) is 20.3. The van der Waals surface area contributed by atoms with Crippen LogP contribution in [0, 0.1) is 146 Å². The fourth-order valence-corrected chi connectivity index (χ4v) is 10.1. The van der Waals surface area contributed by atoms with E-state index in [9.17, 15) is 71.0 Å². The maximum absolute atomic E-state index is 14.4. The number of rotatable bonds is 7. The molecule has 0 aliphatic heterocycles. The number of hydrogen-bond donors (Lipinski definition) is 0. The second-order valence-corrected chi connectivity index (χ2v) is 18.9. The fourth-order valence-electron chi connectivity index (χ4n) is 6.56. The van der Waals surface area contributed by atoms with E-state index >= 15 is 0 Å². The molecule has 0 unspecified atom stereocenters. The van der Waals surface area contributed by atoms with Gasteiger partial charge in [0.25, 0.3) is 6.71 Å². The van der Waals surface area contributed by atoms with Gasteiger partial charge in [0, 0.05) is 16.4 Å². The zero-order chi connectivity index (χ0) is 49.0. The zero-order valence-electron chi connectivity index (χ0n) is 36.5. The van der Waals surface area contributed by atoms with Crippen LogP contribution >= 0.6 is 7.92 Å². The van der Waals surface area contributed by atoms with Crippen LogP contribution in [0.25, 0.3) is 0 Å². The van der Waals surface area contributed by atoms with Crippen LogP contribution in [-0.4, -0.2) is 30.3 Å². The predicted molar refractivity (Wildman–Crippen MR) is 222 cm³/mol. The van der Waals surface area contributed by atoms with Gasteiger partial charge in [-0.3, -0.25) is 0 Å². The van der Waals surface area contributed by atoms with Gasteiger partial charge in [0.2, 0.25) is 0 Å². The van der Waals surface area contributed by atoms with Crippen molar-refractivity contribution in [2.24, 2.45) is 0 Å². The second kappa shape index (κ2) is 31.6. The van der Waals surface area contributed by atoms with Crippen molar-refractivity contribution in [2.45, 2.75) is 116 Å². The quantitative estimate of drug-likeness (QED) is 0.0578. The van der Waals surface area contributed by atoms with E-state index in [4.69, 9.17) is 0 Å². The average molecular weight is 1010 g/mol. The van der Waals surface area contributed by atoms with Crippen molar-refractivity contribution >= 4 is 31.0 Å². The van der Waals surface area contributed by atoms with Crippen molar-refractivity contribution in [3.63, 3.8) is 0 Å². The van der Waals surface area contributed by atoms with E-state index < -0.39 is 110 Å². The van der Waals surface area contributed by atoms with Gasteiger partial charge >= 0.3 is 16.5 Å². The van der Waals surface area contributed by atoms with Gasteiger partial charge < -0.3 is 12.0 Å². The minimum atomic E-state index is -3.96. The van der Waals surface area contributed by atoms with Gasteiger partial charge in [0.05, 0.1) is 0 Å². The van der Waals surface area contributed by atoms with Gasteiger partial charge in [0.15, 0.2) is 87.3 Å². The summed E-state index contributed by atoms with van der Waals surface area (Å²) in [5.74, 6) is -45.2. The smallest absolute Gasteiger partial charge is 0.856 e. The first-order valence-corrected chi connectivity index (χ1v) is 21.9. The van der Waals surface area contributed by atoms with E-state index in [0.29, 0.717) is 6.42 Å². The molecule has 0 spiro atoms. The van der Waals surface area contributed by atoms with Crippen LogP contribution in [0.3, 0.4) is 0 Å². The van der Waals surface area contributed by atoms with Crippen molar-refractivity contribution in [1.29, 1.82) is 0 Å². The molecule has 3 aromatic rings. The summed E-state index contributed by atoms with van der Waals surface area (Å²) in [5, 5.41) is 9.24. The number of halogens is 15. The monoisotopic (exact) mass is 1000 g/mol. The topological polar surface area (TPSA) is 23.1 Å². The first kappa shape index (κ1) is 62.6. The van der Waals surface area contributed by atoms with Crippen LogP contribution in [0.5, 0.6) is 0 Å². The van der Waals surface area contributed by atoms with Gasteiger partial charge in [-0.05, 0) is 120 Å². The van der Waals surface area contributed by atoms with Gasteiger partial charge in [-0.2, -0.15) is 13.0 Å². The van der Waals surface area contributed by atoms with Crippen LogP contribution in [0.4, 0.5) is 65.9 Å². The Labute approximate surface area is 385 Å². The maximum atomic E-state index is 14.4. The standard InChI is InChI=1S/C18BF15.C9H21P.2C8H12.C3H6O.Ni/c20-4-1(5(21)11(27)16(32)10(4)26)19(2-6(22)12(28)17(33)13(29)7(2)23)3-8(24)14(30)18(34)15(31)9(3)25;1-7(2)10(8(3)4)9(5)6;2*1-2-4-6-8-7-5-3-1;1-2-3-4;/h;7-9H,1-6H3;2*1-2,7-8H,3-6H2;1-3H2;/q;;;;-2;+2. The summed E-state index contributed by atoms with van der Waals surface area (Å²) in [6.07, 6.45) is 28.5. The Balaban J connectivity index is 0.00000106. The summed E-state index contributed by atoms with van der Waals surface area (Å²) in [6, 6.07) is 0. The van der Waals surface area contributed by atoms with Crippen LogP contribution in [-0.2, 0) is 16.5 Å². The molecular formula is C46H51BF15NiOP. The van der Waals surface area contributed by atoms with Crippen molar-refractivity contribution in [2.75, 3.05) is 6.61 Å². The summed E-state index contributed by atoms with van der Waals surface area (Å²) in [4.78, 5) is 0. The van der Waals surface area contributed by atoms with Crippen molar-refractivity contribution in [3.8, 4) is 0 Å². The molecule has 0 amide bonds. The first-order chi connectivity index (χ1) is 30.0. The molecule has 2 aliphatic rings. The van der Waals surface area contributed by atoms with Gasteiger partial charge in [-0.1, -0.05) is 49.5 Å². The summed E-state index contributed by atoms with van der Waals surface area (Å²) >= 11 is 0. The molecular weight excluding hydrogens is 954 g/mol. The molecule has 2 aliphatic carbocycles. The van der Waals surface area contributed by atoms with E-state index in [2.05, 4.69) is 99.8 Å². The summed E-state index contributed by atoms with van der Waals surface area (Å²) in [6.45, 7) is 13.4. The Kier molecular flexibility index (Phi) is 30.4. The number of benzene rings is 3. The molecule has 1 nitrogen and oxygen atoms in total. The molecule has 0 aromatic heterocycles. The molecule has 0 saturated heterocycles. The second-order valence-electron chi connectivity index (χ2n) is 14.9. The zero-order valence-corrected chi connectivity index (χ0v) is 38.4. The van der Waals surface area contributed by atoms with Crippen LogP contribution < -0.4 is 21.5 Å². The SMILES string of the molecule is CC(C)P(C(C)C)C(C)C.Fc1c(F)c(F)c(B(c2c(F)c(F)c(F)c(F)c2F)c2c(F)c(F)c(F)c(F)c2F)c(F)c1F.[CH2-]CC[O-].[CH]1[CH]CC[CH][CH]CC1.[CH]1[CH]CC[CH][CH]CC1.[Ni+2]. The molecule has 5 rings (SSSR count). The number of hydrogen-bond acceptors (Lipinski definition) is 1. The molecule has 2 saturated carbocycles. The Hall–Kier alpha value is -2.44. The largest absolute Gasteiger partial charge is 2.00 e. The Bertz CT molecular complexity index is 1560. The molecule has 8 radical (unpaired) electrons. The van der Waals surface area contributed by atoms with Gasteiger partial charge in [-0.15, -0.1) is 0 Å². The fraction of sp³-hybridized carbons (Fsp3) is 0.413. The molecule has 364 valence electrons. The van der Waals surface area contributed by atoms with E-state index in [0.717, 1.165) is 17.0 Å². The minimum Gasteiger partial charge on any atom is -0.856 e. The van der Waals surface area contributed by atoms with Crippen LogP contribution in [0.2, 0.25) is 0 Å². The van der Waals surface area contributed by atoms with Gasteiger partial charge in [-0.25, -0.2) is 65.9 Å². The van der Waals surface area contributed by atoms with E-state index in [1.54, 1.807) is 0 Å². The summed E-state index contributed by atoms with van der Waals surface area (Å²) in [5.41, 5.74) is -5.34. The van der Waals surface area contributed by atoms with E-state index in [1.165, 1.54) is 51.4 Å². The predicted octanol–water partition coefficient (Wildman–Crippen LogP) is 12.3. The molecule has 2 fully saturated rings. The molecule has 65 heavy (non-hydrogen) atoms. The Morgan fingerprint density at radius 2 is 0.523 bits per heavy atom. The third-order valence-electron chi connectivity index (χ3n) is 9.20. The summed E-state index contributed by atoms with van der Waals surface area (Å²) in [7, 11) is 0.262. The third kappa shape index (κ3) is 17.9. The molecule has 0 heterocycles. The third-order valence-corrected chi connectivity index (χ3v) is 12.8. The van der Waals surface area contributed by atoms with Crippen molar-refractivity contribution in [1.82, 2.24) is 0 Å². The average Bonchev–Trinajstić information content (AvgIpc) is 3.22. The van der Waals surface area contributed by atoms with Gasteiger partial charge in [0.1, 0.15) is 0 Å².